The zero-order chi connectivity index (χ0) is 12.5. The van der Waals surface area contributed by atoms with Gasteiger partial charge in [0, 0.05) is 21.3 Å². The Hall–Kier alpha value is -0.700. The highest BCUT2D eigenvalue weighted by atomic mass is 79.9. The third-order valence-electron chi connectivity index (χ3n) is 2.03. The second-order valence-electron chi connectivity index (χ2n) is 3.39. The first kappa shape index (κ1) is 12.7. The number of hydrogen-bond acceptors (Lipinski definition) is 4. The van der Waals surface area contributed by atoms with Crippen molar-refractivity contribution in [3.8, 4) is 0 Å². The number of sulfonamides is 1. The van der Waals surface area contributed by atoms with Crippen LogP contribution in [-0.2, 0) is 16.6 Å². The third-order valence-corrected chi connectivity index (χ3v) is 5.04. The number of H-pyrrole nitrogens is 1. The molecule has 2 aromatic rings. The Kier molecular flexibility index (Phi) is 3.67. The van der Waals surface area contributed by atoms with Gasteiger partial charge in [-0.25, -0.2) is 18.1 Å². The number of thiophene rings is 1. The van der Waals surface area contributed by atoms with Gasteiger partial charge in [0.15, 0.2) is 5.03 Å². The Morgan fingerprint density at radius 3 is 2.88 bits per heavy atom. The normalized spacial score (nSPS) is 11.9. The van der Waals surface area contributed by atoms with Crippen molar-refractivity contribution in [1.29, 1.82) is 0 Å². The number of hydrogen-bond donors (Lipinski definition) is 2. The average Bonchev–Trinajstić information content (AvgIpc) is 2.85. The molecule has 0 atom stereocenters. The molecule has 8 heteroatoms. The molecule has 92 valence electrons. The van der Waals surface area contributed by atoms with Gasteiger partial charge in [-0.3, -0.25) is 0 Å². The van der Waals surface area contributed by atoms with Crippen molar-refractivity contribution in [2.45, 2.75) is 18.5 Å². The summed E-state index contributed by atoms with van der Waals surface area (Å²) < 4.78 is 27.1. The minimum Gasteiger partial charge on any atom is -0.332 e. The standard InChI is InChI=1S/C9H10BrN3O2S2/c1-6-11-4-9(13-6)17(14,15)12-3-8-2-7(10)5-16-8/h2,4-5,12H,3H2,1H3,(H,11,13). The van der Waals surface area contributed by atoms with E-state index in [9.17, 15) is 8.42 Å². The van der Waals surface area contributed by atoms with Gasteiger partial charge in [-0.2, -0.15) is 0 Å². The summed E-state index contributed by atoms with van der Waals surface area (Å²) in [6.07, 6.45) is 1.31. The smallest absolute Gasteiger partial charge is 0.257 e. The first-order chi connectivity index (χ1) is 7.97. The third kappa shape index (κ3) is 3.15. The van der Waals surface area contributed by atoms with Gasteiger partial charge in [0.1, 0.15) is 5.82 Å². The summed E-state index contributed by atoms with van der Waals surface area (Å²) in [5.41, 5.74) is 0. The molecule has 2 aromatic heterocycles. The van der Waals surface area contributed by atoms with Crippen molar-refractivity contribution in [3.05, 3.63) is 32.8 Å². The fraction of sp³-hybridized carbons (Fsp3) is 0.222. The van der Waals surface area contributed by atoms with Crippen molar-refractivity contribution < 1.29 is 8.42 Å². The largest absolute Gasteiger partial charge is 0.332 e. The van der Waals surface area contributed by atoms with Crippen LogP contribution in [0.4, 0.5) is 0 Å². The zero-order valence-electron chi connectivity index (χ0n) is 8.90. The Labute approximate surface area is 111 Å². The lowest BCUT2D eigenvalue weighted by Crippen LogP contribution is -2.23. The Balaban J connectivity index is 2.08. The molecule has 2 N–H and O–H groups in total. The molecule has 0 aliphatic heterocycles. The van der Waals surface area contributed by atoms with Crippen molar-refractivity contribution in [3.63, 3.8) is 0 Å². The lowest BCUT2D eigenvalue weighted by Gasteiger charge is -2.02. The summed E-state index contributed by atoms with van der Waals surface area (Å²) in [5.74, 6) is 0.573. The number of nitrogens with zero attached hydrogens (tertiary/aromatic N) is 1. The molecular formula is C9H10BrN3O2S2. The number of aromatic nitrogens is 2. The molecule has 0 bridgehead atoms. The molecule has 0 saturated carbocycles. The predicted octanol–water partition coefficient (Wildman–Crippen LogP) is 2.02. The number of imidazole rings is 1. The van der Waals surface area contributed by atoms with E-state index in [-0.39, 0.29) is 11.6 Å². The van der Waals surface area contributed by atoms with E-state index in [1.54, 1.807) is 6.92 Å². The maximum Gasteiger partial charge on any atom is 0.257 e. The highest BCUT2D eigenvalue weighted by Crippen LogP contribution is 2.19. The lowest BCUT2D eigenvalue weighted by molar-refractivity contribution is 0.578. The molecular weight excluding hydrogens is 326 g/mol. The van der Waals surface area contributed by atoms with Gasteiger partial charge in [0.05, 0.1) is 6.20 Å². The topological polar surface area (TPSA) is 74.8 Å². The minimum absolute atomic E-state index is 0.0885. The summed E-state index contributed by atoms with van der Waals surface area (Å²) in [5, 5.41) is 2.00. The fourth-order valence-electron chi connectivity index (χ4n) is 1.23. The van der Waals surface area contributed by atoms with Crippen LogP contribution in [0.2, 0.25) is 0 Å². The number of aryl methyl sites for hydroxylation is 1. The van der Waals surface area contributed by atoms with Gasteiger partial charge in [0.25, 0.3) is 10.0 Å². The predicted molar refractivity (Wildman–Crippen MR) is 69.4 cm³/mol. The molecule has 2 heterocycles. The van der Waals surface area contributed by atoms with E-state index in [1.807, 2.05) is 11.4 Å². The van der Waals surface area contributed by atoms with Gasteiger partial charge in [-0.1, -0.05) is 0 Å². The van der Waals surface area contributed by atoms with E-state index >= 15 is 0 Å². The van der Waals surface area contributed by atoms with Gasteiger partial charge in [0.2, 0.25) is 0 Å². The monoisotopic (exact) mass is 335 g/mol. The molecule has 0 aliphatic carbocycles. The molecule has 5 nitrogen and oxygen atoms in total. The van der Waals surface area contributed by atoms with Crippen molar-refractivity contribution in [1.82, 2.24) is 14.7 Å². The molecule has 0 fully saturated rings. The minimum atomic E-state index is -3.51. The first-order valence-corrected chi connectivity index (χ1v) is 7.87. The van der Waals surface area contributed by atoms with Gasteiger partial charge >= 0.3 is 0 Å². The summed E-state index contributed by atoms with van der Waals surface area (Å²) in [4.78, 5) is 7.49. The van der Waals surface area contributed by atoms with Crippen LogP contribution in [0.3, 0.4) is 0 Å². The fourth-order valence-corrected chi connectivity index (χ4v) is 3.68. The summed E-state index contributed by atoms with van der Waals surface area (Å²) >= 11 is 4.81. The Morgan fingerprint density at radius 2 is 2.35 bits per heavy atom. The number of nitrogens with one attached hydrogen (secondary N) is 2. The van der Waals surface area contributed by atoms with Crippen LogP contribution in [0.1, 0.15) is 10.7 Å². The Morgan fingerprint density at radius 1 is 1.59 bits per heavy atom. The van der Waals surface area contributed by atoms with Gasteiger partial charge < -0.3 is 4.98 Å². The van der Waals surface area contributed by atoms with Crippen molar-refractivity contribution >= 4 is 37.3 Å². The summed E-state index contributed by atoms with van der Waals surface area (Å²) in [7, 11) is -3.51. The van der Waals surface area contributed by atoms with Gasteiger partial charge in [-0.05, 0) is 28.9 Å². The van der Waals surface area contributed by atoms with Crippen molar-refractivity contribution in [2.75, 3.05) is 0 Å². The SMILES string of the molecule is Cc1ncc(S(=O)(=O)NCc2cc(Br)cs2)[nH]1. The summed E-state index contributed by atoms with van der Waals surface area (Å²) in [6, 6.07) is 1.88. The highest BCUT2D eigenvalue weighted by Gasteiger charge is 2.16. The second-order valence-corrected chi connectivity index (χ2v) is 7.04. The molecule has 0 aromatic carbocycles. The van der Waals surface area contributed by atoms with Gasteiger partial charge in [-0.15, -0.1) is 11.3 Å². The highest BCUT2D eigenvalue weighted by molar-refractivity contribution is 9.10. The van der Waals surface area contributed by atoms with Crippen LogP contribution < -0.4 is 4.72 Å². The van der Waals surface area contributed by atoms with E-state index < -0.39 is 10.0 Å². The first-order valence-electron chi connectivity index (χ1n) is 4.71. The lowest BCUT2D eigenvalue weighted by atomic mass is 10.5. The van der Waals surface area contributed by atoms with E-state index in [2.05, 4.69) is 30.6 Å². The van der Waals surface area contributed by atoms with Crippen molar-refractivity contribution in [2.24, 2.45) is 0 Å². The van der Waals surface area contributed by atoms with Crippen LogP contribution in [-0.4, -0.2) is 18.4 Å². The van der Waals surface area contributed by atoms with Crippen LogP contribution in [0.5, 0.6) is 0 Å². The van der Waals surface area contributed by atoms with E-state index in [0.29, 0.717) is 5.82 Å². The zero-order valence-corrected chi connectivity index (χ0v) is 12.1. The van der Waals surface area contributed by atoms with E-state index in [4.69, 9.17) is 0 Å². The number of halogens is 1. The molecule has 0 spiro atoms. The summed E-state index contributed by atoms with van der Waals surface area (Å²) in [6.45, 7) is 1.98. The molecule has 0 amide bonds. The molecule has 0 unspecified atom stereocenters. The quantitative estimate of drug-likeness (QED) is 0.897. The van der Waals surface area contributed by atoms with Crippen LogP contribution in [0.25, 0.3) is 0 Å². The molecule has 0 radical (unpaired) electrons. The molecule has 2 rings (SSSR count). The number of aromatic amines is 1. The second kappa shape index (κ2) is 4.89. The van der Waals surface area contributed by atoms with E-state index in [1.165, 1.54) is 17.5 Å². The molecule has 0 saturated heterocycles. The maximum atomic E-state index is 11.8. The Bertz CT molecular complexity index is 618. The molecule has 0 aliphatic rings. The molecule has 17 heavy (non-hydrogen) atoms. The number of rotatable bonds is 4. The van der Waals surface area contributed by atoms with Crippen LogP contribution >= 0.6 is 27.3 Å². The average molecular weight is 336 g/mol. The van der Waals surface area contributed by atoms with Crippen LogP contribution in [0.15, 0.2) is 27.1 Å². The maximum absolute atomic E-state index is 11.8. The van der Waals surface area contributed by atoms with Crippen LogP contribution in [0, 0.1) is 6.92 Å². The van der Waals surface area contributed by atoms with E-state index in [0.717, 1.165) is 9.35 Å².